The highest BCUT2D eigenvalue weighted by atomic mass is 15.1. The summed E-state index contributed by atoms with van der Waals surface area (Å²) in [6, 6.07) is 9.05. The molecule has 2 N–H and O–H groups in total. The van der Waals surface area contributed by atoms with E-state index in [0.717, 1.165) is 12.3 Å². The fourth-order valence-corrected chi connectivity index (χ4v) is 3.44. The van der Waals surface area contributed by atoms with E-state index in [1.54, 1.807) is 0 Å². The third-order valence-electron chi connectivity index (χ3n) is 4.42. The van der Waals surface area contributed by atoms with Crippen LogP contribution in [0.5, 0.6) is 0 Å². The highest BCUT2D eigenvalue weighted by Gasteiger charge is 2.18. The van der Waals surface area contributed by atoms with Gasteiger partial charge in [0.2, 0.25) is 0 Å². The minimum atomic E-state index is 0.232. The van der Waals surface area contributed by atoms with E-state index in [1.165, 1.54) is 56.4 Å². The van der Waals surface area contributed by atoms with E-state index >= 15 is 0 Å². The maximum Gasteiger partial charge on any atom is 0.0399 e. The highest BCUT2D eigenvalue weighted by Crippen LogP contribution is 2.28. The summed E-state index contributed by atoms with van der Waals surface area (Å²) in [5.74, 6) is 0.936. The van der Waals surface area contributed by atoms with Crippen molar-refractivity contribution in [2.75, 3.05) is 18.0 Å². The van der Waals surface area contributed by atoms with Crippen molar-refractivity contribution in [2.45, 2.75) is 58.4 Å². The van der Waals surface area contributed by atoms with E-state index in [-0.39, 0.29) is 6.04 Å². The normalized spacial score (nSPS) is 21.6. The minimum absolute atomic E-state index is 0.232. The van der Waals surface area contributed by atoms with E-state index < -0.39 is 0 Å². The Morgan fingerprint density at radius 2 is 2.05 bits per heavy atom. The monoisotopic (exact) mass is 274 g/mol. The van der Waals surface area contributed by atoms with Gasteiger partial charge in [0.15, 0.2) is 0 Å². The van der Waals surface area contributed by atoms with Gasteiger partial charge in [0.25, 0.3) is 0 Å². The van der Waals surface area contributed by atoms with Gasteiger partial charge in [0.05, 0.1) is 0 Å². The number of nitrogens with zero attached hydrogens (tertiary/aromatic N) is 1. The van der Waals surface area contributed by atoms with Crippen LogP contribution in [0.3, 0.4) is 0 Å². The summed E-state index contributed by atoms with van der Waals surface area (Å²) in [5, 5.41) is 0. The maximum absolute atomic E-state index is 6.00. The van der Waals surface area contributed by atoms with Crippen LogP contribution in [0.25, 0.3) is 0 Å². The van der Waals surface area contributed by atoms with Gasteiger partial charge in [-0.3, -0.25) is 0 Å². The molecule has 1 aromatic carbocycles. The second kappa shape index (κ2) is 7.68. The SMILES string of the molecule is CCCC1CCCN(c2ccccc2CC(C)N)CC1. The topological polar surface area (TPSA) is 29.3 Å². The van der Waals surface area contributed by atoms with E-state index in [9.17, 15) is 0 Å². The molecule has 2 unspecified atom stereocenters. The molecule has 1 aliphatic heterocycles. The average Bonchev–Trinajstić information content (AvgIpc) is 2.65. The molecule has 2 heteroatoms. The molecule has 112 valence electrons. The van der Waals surface area contributed by atoms with Crippen molar-refractivity contribution in [2.24, 2.45) is 11.7 Å². The standard InChI is InChI=1S/C18H30N2/c1-3-7-16-8-6-12-20(13-11-16)18-10-5-4-9-17(18)14-15(2)19/h4-5,9-10,15-16H,3,6-8,11-14,19H2,1-2H3. The quantitative estimate of drug-likeness (QED) is 0.880. The van der Waals surface area contributed by atoms with Crippen LogP contribution in [0.4, 0.5) is 5.69 Å². The van der Waals surface area contributed by atoms with Crippen molar-refractivity contribution in [3.63, 3.8) is 0 Å². The Hall–Kier alpha value is -1.02. The van der Waals surface area contributed by atoms with Crippen LogP contribution >= 0.6 is 0 Å². The molecule has 0 radical (unpaired) electrons. The van der Waals surface area contributed by atoms with Crippen molar-refractivity contribution in [3.05, 3.63) is 29.8 Å². The van der Waals surface area contributed by atoms with Gasteiger partial charge in [-0.05, 0) is 50.2 Å². The van der Waals surface area contributed by atoms with Gasteiger partial charge in [-0.15, -0.1) is 0 Å². The van der Waals surface area contributed by atoms with E-state index in [2.05, 4.69) is 43.0 Å². The van der Waals surface area contributed by atoms with E-state index in [1.807, 2.05) is 0 Å². The lowest BCUT2D eigenvalue weighted by atomic mass is 9.96. The van der Waals surface area contributed by atoms with Crippen molar-refractivity contribution in [3.8, 4) is 0 Å². The lowest BCUT2D eigenvalue weighted by Gasteiger charge is -2.26. The zero-order chi connectivity index (χ0) is 14.4. The first-order chi connectivity index (χ1) is 9.70. The van der Waals surface area contributed by atoms with Crippen LogP contribution in [-0.2, 0) is 6.42 Å². The molecule has 0 saturated carbocycles. The van der Waals surface area contributed by atoms with Crippen molar-refractivity contribution in [1.82, 2.24) is 0 Å². The molecular weight excluding hydrogens is 244 g/mol. The van der Waals surface area contributed by atoms with Crippen molar-refractivity contribution >= 4 is 5.69 Å². The van der Waals surface area contributed by atoms with Crippen LogP contribution in [0, 0.1) is 5.92 Å². The fourth-order valence-electron chi connectivity index (χ4n) is 3.44. The molecule has 1 fully saturated rings. The predicted octanol–water partition coefficient (Wildman–Crippen LogP) is 3.98. The molecule has 0 bridgehead atoms. The average molecular weight is 274 g/mol. The number of rotatable bonds is 5. The molecule has 0 amide bonds. The van der Waals surface area contributed by atoms with Gasteiger partial charge < -0.3 is 10.6 Å². The first-order valence-corrected chi connectivity index (χ1v) is 8.29. The highest BCUT2D eigenvalue weighted by molar-refractivity contribution is 5.54. The molecule has 2 rings (SSSR count). The summed E-state index contributed by atoms with van der Waals surface area (Å²) < 4.78 is 0. The van der Waals surface area contributed by atoms with Gasteiger partial charge in [0, 0.05) is 24.8 Å². The Bertz CT molecular complexity index is 400. The molecule has 20 heavy (non-hydrogen) atoms. The Balaban J connectivity index is 2.07. The van der Waals surface area contributed by atoms with Crippen molar-refractivity contribution < 1.29 is 0 Å². The van der Waals surface area contributed by atoms with Gasteiger partial charge >= 0.3 is 0 Å². The van der Waals surface area contributed by atoms with Crippen LogP contribution in [0.15, 0.2) is 24.3 Å². The molecule has 1 saturated heterocycles. The van der Waals surface area contributed by atoms with E-state index in [4.69, 9.17) is 5.73 Å². The molecule has 1 aromatic rings. The molecule has 0 aromatic heterocycles. The lowest BCUT2D eigenvalue weighted by molar-refractivity contribution is 0.435. The van der Waals surface area contributed by atoms with E-state index in [0.29, 0.717) is 0 Å². The molecule has 0 spiro atoms. The first-order valence-electron chi connectivity index (χ1n) is 8.29. The minimum Gasteiger partial charge on any atom is -0.371 e. The number of nitrogens with two attached hydrogens (primary N) is 1. The maximum atomic E-state index is 6.00. The van der Waals surface area contributed by atoms with Crippen LogP contribution in [0.2, 0.25) is 0 Å². The van der Waals surface area contributed by atoms with Gasteiger partial charge in [0.1, 0.15) is 0 Å². The summed E-state index contributed by atoms with van der Waals surface area (Å²) in [7, 11) is 0. The summed E-state index contributed by atoms with van der Waals surface area (Å²) in [6.45, 7) is 6.81. The predicted molar refractivity (Wildman–Crippen MR) is 88.3 cm³/mol. The van der Waals surface area contributed by atoms with Crippen molar-refractivity contribution in [1.29, 1.82) is 0 Å². The molecule has 2 nitrogen and oxygen atoms in total. The van der Waals surface area contributed by atoms with Crippen LogP contribution < -0.4 is 10.6 Å². The van der Waals surface area contributed by atoms with Gasteiger partial charge in [-0.1, -0.05) is 38.0 Å². The number of hydrogen-bond acceptors (Lipinski definition) is 2. The second-order valence-corrected chi connectivity index (χ2v) is 6.38. The second-order valence-electron chi connectivity index (χ2n) is 6.38. The lowest BCUT2D eigenvalue weighted by Crippen LogP contribution is -2.27. The molecule has 0 aliphatic carbocycles. The summed E-state index contributed by atoms with van der Waals surface area (Å²) in [4.78, 5) is 2.59. The zero-order valence-electron chi connectivity index (χ0n) is 13.1. The third-order valence-corrected chi connectivity index (χ3v) is 4.42. The summed E-state index contributed by atoms with van der Waals surface area (Å²) in [5.41, 5.74) is 8.83. The number of para-hydroxylation sites is 1. The number of hydrogen-bond donors (Lipinski definition) is 1. The Morgan fingerprint density at radius 3 is 2.80 bits per heavy atom. The first kappa shape index (κ1) is 15.4. The van der Waals surface area contributed by atoms with Crippen LogP contribution in [0.1, 0.15) is 51.5 Å². The molecule has 1 heterocycles. The van der Waals surface area contributed by atoms with Crippen LogP contribution in [-0.4, -0.2) is 19.1 Å². The number of benzene rings is 1. The fraction of sp³-hybridized carbons (Fsp3) is 0.667. The Kier molecular flexibility index (Phi) is 5.90. The molecular formula is C18H30N2. The summed E-state index contributed by atoms with van der Waals surface area (Å²) >= 11 is 0. The smallest absolute Gasteiger partial charge is 0.0399 e. The number of anilines is 1. The van der Waals surface area contributed by atoms with Gasteiger partial charge in [-0.25, -0.2) is 0 Å². The zero-order valence-corrected chi connectivity index (χ0v) is 13.1. The Labute approximate surface area is 124 Å². The van der Waals surface area contributed by atoms with Gasteiger partial charge in [-0.2, -0.15) is 0 Å². The summed E-state index contributed by atoms with van der Waals surface area (Å²) in [6.07, 6.45) is 7.78. The molecule has 2 atom stereocenters. The Morgan fingerprint density at radius 1 is 1.25 bits per heavy atom. The molecule has 1 aliphatic rings. The largest absolute Gasteiger partial charge is 0.371 e. The third kappa shape index (κ3) is 4.24.